The number of nitrogens with one attached hydrogen (secondary N) is 1. The molecule has 2 aromatic rings. The number of phenolic OH excluding ortho intramolecular Hbond substituents is 1. The molecule has 118 valence electrons. The topological polar surface area (TPSA) is 116 Å². The first-order valence-corrected chi connectivity index (χ1v) is 6.48. The highest BCUT2D eigenvalue weighted by atomic mass is 16.5. The number of carbonyl (C=O) groups is 1. The standard InChI is InChI=1S/C15H14N4O4/c1-23-14-6-10(2-5-13(14)20)7-17-19-15(21)11-3-4-12(9-18-22)16-8-11/h2-9,20,22H,1H3,(H,19,21)/b17-7-,18-9-. The summed E-state index contributed by atoms with van der Waals surface area (Å²) < 4.78 is 4.98. The number of phenols is 1. The summed E-state index contributed by atoms with van der Waals surface area (Å²) in [5.41, 5.74) is 3.73. The molecule has 8 heteroatoms. The summed E-state index contributed by atoms with van der Waals surface area (Å²) in [6, 6.07) is 7.72. The van der Waals surface area contributed by atoms with Crippen molar-refractivity contribution in [2.24, 2.45) is 10.3 Å². The van der Waals surface area contributed by atoms with Gasteiger partial charge in [0.2, 0.25) is 0 Å². The Morgan fingerprint density at radius 3 is 2.78 bits per heavy atom. The summed E-state index contributed by atoms with van der Waals surface area (Å²) in [5.74, 6) is -0.108. The van der Waals surface area contributed by atoms with Gasteiger partial charge in [-0.2, -0.15) is 5.10 Å². The van der Waals surface area contributed by atoms with Gasteiger partial charge in [-0.15, -0.1) is 0 Å². The van der Waals surface area contributed by atoms with Gasteiger partial charge >= 0.3 is 0 Å². The van der Waals surface area contributed by atoms with Crippen molar-refractivity contribution >= 4 is 18.3 Å². The lowest BCUT2D eigenvalue weighted by Gasteiger charge is -2.03. The minimum Gasteiger partial charge on any atom is -0.504 e. The van der Waals surface area contributed by atoms with Gasteiger partial charge in [0.05, 0.1) is 30.8 Å². The molecule has 0 saturated carbocycles. The molecule has 0 radical (unpaired) electrons. The zero-order valence-electron chi connectivity index (χ0n) is 12.2. The molecular weight excluding hydrogens is 300 g/mol. The number of aromatic nitrogens is 1. The highest BCUT2D eigenvalue weighted by Crippen LogP contribution is 2.25. The summed E-state index contributed by atoms with van der Waals surface area (Å²) in [5, 5.41) is 24.5. The molecule has 0 fully saturated rings. The highest BCUT2D eigenvalue weighted by molar-refractivity contribution is 5.95. The Hall–Kier alpha value is -3.42. The number of nitrogens with zero attached hydrogens (tertiary/aromatic N) is 3. The van der Waals surface area contributed by atoms with Crippen LogP contribution in [0.4, 0.5) is 0 Å². The Kier molecular flexibility index (Phi) is 5.24. The predicted octanol–water partition coefficient (Wildman–Crippen LogP) is 1.37. The molecule has 3 N–H and O–H groups in total. The van der Waals surface area contributed by atoms with E-state index in [-0.39, 0.29) is 5.75 Å². The van der Waals surface area contributed by atoms with Crippen LogP contribution in [0, 0.1) is 0 Å². The molecule has 0 saturated heterocycles. The summed E-state index contributed by atoms with van der Waals surface area (Å²) in [7, 11) is 1.44. The van der Waals surface area contributed by atoms with Crippen LogP contribution in [0.1, 0.15) is 21.6 Å². The molecule has 8 nitrogen and oxygen atoms in total. The molecule has 1 aromatic heterocycles. The van der Waals surface area contributed by atoms with Crippen molar-refractivity contribution < 1.29 is 19.8 Å². The Labute approximate surface area is 131 Å². The van der Waals surface area contributed by atoms with Crippen molar-refractivity contribution in [3.63, 3.8) is 0 Å². The van der Waals surface area contributed by atoms with E-state index in [0.29, 0.717) is 22.6 Å². The first-order valence-electron chi connectivity index (χ1n) is 6.48. The molecule has 23 heavy (non-hydrogen) atoms. The van der Waals surface area contributed by atoms with Gasteiger partial charge in [-0.3, -0.25) is 9.78 Å². The van der Waals surface area contributed by atoms with E-state index < -0.39 is 5.91 Å². The van der Waals surface area contributed by atoms with Crippen LogP contribution in [0.3, 0.4) is 0 Å². The average molecular weight is 314 g/mol. The second-order valence-electron chi connectivity index (χ2n) is 4.35. The molecule has 0 aliphatic carbocycles. The van der Waals surface area contributed by atoms with Crippen molar-refractivity contribution in [3.8, 4) is 11.5 Å². The zero-order valence-corrected chi connectivity index (χ0v) is 12.2. The number of aromatic hydroxyl groups is 1. The number of ether oxygens (including phenoxy) is 1. The van der Waals surface area contributed by atoms with Gasteiger partial charge in [0, 0.05) is 6.20 Å². The van der Waals surface area contributed by atoms with Crippen LogP contribution in [0.25, 0.3) is 0 Å². The predicted molar refractivity (Wildman–Crippen MR) is 83.3 cm³/mol. The Balaban J connectivity index is 2.00. The van der Waals surface area contributed by atoms with E-state index in [0.717, 1.165) is 6.21 Å². The van der Waals surface area contributed by atoms with Crippen molar-refractivity contribution in [3.05, 3.63) is 53.3 Å². The quantitative estimate of drug-likeness (QED) is 0.438. The van der Waals surface area contributed by atoms with E-state index in [1.165, 1.54) is 37.7 Å². The molecule has 0 bridgehead atoms. The van der Waals surface area contributed by atoms with Crippen LogP contribution in [0.15, 0.2) is 46.8 Å². The molecular formula is C15H14N4O4. The van der Waals surface area contributed by atoms with Crippen molar-refractivity contribution in [1.29, 1.82) is 0 Å². The second-order valence-corrected chi connectivity index (χ2v) is 4.35. The number of methoxy groups -OCH3 is 1. The zero-order chi connectivity index (χ0) is 16.7. The normalized spacial score (nSPS) is 11.0. The summed E-state index contributed by atoms with van der Waals surface area (Å²) >= 11 is 0. The summed E-state index contributed by atoms with van der Waals surface area (Å²) in [4.78, 5) is 15.8. The van der Waals surface area contributed by atoms with Crippen LogP contribution in [0.2, 0.25) is 0 Å². The lowest BCUT2D eigenvalue weighted by molar-refractivity contribution is 0.0955. The minimum atomic E-state index is -0.438. The van der Waals surface area contributed by atoms with Crippen LogP contribution in [-0.4, -0.2) is 40.7 Å². The molecule has 2 rings (SSSR count). The fourth-order valence-electron chi connectivity index (χ4n) is 1.68. The maximum atomic E-state index is 11.9. The molecule has 1 aromatic carbocycles. The van der Waals surface area contributed by atoms with E-state index in [1.807, 2.05) is 0 Å². The van der Waals surface area contributed by atoms with Gasteiger partial charge in [0.1, 0.15) is 0 Å². The molecule has 0 atom stereocenters. The fourth-order valence-corrected chi connectivity index (χ4v) is 1.68. The largest absolute Gasteiger partial charge is 0.504 e. The number of benzene rings is 1. The molecule has 0 unspecified atom stereocenters. The monoisotopic (exact) mass is 314 g/mol. The van der Waals surface area contributed by atoms with Gasteiger partial charge in [-0.1, -0.05) is 5.16 Å². The van der Waals surface area contributed by atoms with Gasteiger partial charge in [0.25, 0.3) is 5.91 Å². The SMILES string of the molecule is COc1cc(/C=N\NC(=O)c2ccc(/C=N\O)nc2)ccc1O. The number of oxime groups is 1. The van der Waals surface area contributed by atoms with E-state index in [2.05, 4.69) is 20.7 Å². The molecule has 0 aliphatic heterocycles. The van der Waals surface area contributed by atoms with E-state index >= 15 is 0 Å². The lowest BCUT2D eigenvalue weighted by Crippen LogP contribution is -2.17. The Morgan fingerprint density at radius 1 is 1.30 bits per heavy atom. The van der Waals surface area contributed by atoms with E-state index in [9.17, 15) is 9.90 Å². The van der Waals surface area contributed by atoms with Crippen LogP contribution in [0.5, 0.6) is 11.5 Å². The van der Waals surface area contributed by atoms with Crippen LogP contribution >= 0.6 is 0 Å². The fraction of sp³-hybridized carbons (Fsp3) is 0.0667. The van der Waals surface area contributed by atoms with E-state index in [1.54, 1.807) is 12.1 Å². The highest BCUT2D eigenvalue weighted by Gasteiger charge is 2.05. The van der Waals surface area contributed by atoms with Crippen LogP contribution < -0.4 is 10.2 Å². The summed E-state index contributed by atoms with van der Waals surface area (Å²) in [6.45, 7) is 0. The maximum Gasteiger partial charge on any atom is 0.272 e. The smallest absolute Gasteiger partial charge is 0.272 e. The van der Waals surface area contributed by atoms with Crippen molar-refractivity contribution in [1.82, 2.24) is 10.4 Å². The molecule has 0 spiro atoms. The first-order chi connectivity index (χ1) is 11.1. The third-order valence-corrected chi connectivity index (χ3v) is 2.82. The number of pyridine rings is 1. The number of hydrogen-bond donors (Lipinski definition) is 3. The number of hydrazone groups is 1. The lowest BCUT2D eigenvalue weighted by atomic mass is 10.2. The number of hydrogen-bond acceptors (Lipinski definition) is 7. The third-order valence-electron chi connectivity index (χ3n) is 2.82. The van der Waals surface area contributed by atoms with Gasteiger partial charge in [0.15, 0.2) is 11.5 Å². The van der Waals surface area contributed by atoms with E-state index in [4.69, 9.17) is 9.94 Å². The Bertz CT molecular complexity index is 742. The Morgan fingerprint density at radius 2 is 2.13 bits per heavy atom. The average Bonchev–Trinajstić information content (AvgIpc) is 2.57. The number of amides is 1. The second kappa shape index (κ2) is 7.55. The first kappa shape index (κ1) is 16.0. The van der Waals surface area contributed by atoms with Crippen molar-refractivity contribution in [2.45, 2.75) is 0 Å². The third kappa shape index (κ3) is 4.27. The number of rotatable bonds is 5. The van der Waals surface area contributed by atoms with Gasteiger partial charge in [-0.05, 0) is 35.9 Å². The van der Waals surface area contributed by atoms with Gasteiger partial charge in [-0.25, -0.2) is 5.43 Å². The van der Waals surface area contributed by atoms with Gasteiger partial charge < -0.3 is 15.1 Å². The molecule has 0 aliphatic rings. The molecule has 1 amide bonds. The summed E-state index contributed by atoms with van der Waals surface area (Å²) in [6.07, 6.45) is 3.91. The molecule has 1 heterocycles. The maximum absolute atomic E-state index is 11.9. The van der Waals surface area contributed by atoms with Crippen LogP contribution in [-0.2, 0) is 0 Å². The van der Waals surface area contributed by atoms with Crippen molar-refractivity contribution in [2.75, 3.05) is 7.11 Å². The minimum absolute atomic E-state index is 0.0197. The number of carbonyl (C=O) groups excluding carboxylic acids is 1.